The number of pyridine rings is 1. The van der Waals surface area contributed by atoms with E-state index in [9.17, 15) is 4.79 Å². The predicted octanol–water partition coefficient (Wildman–Crippen LogP) is 3.72. The number of aryl methyl sites for hydroxylation is 1. The fourth-order valence-electron chi connectivity index (χ4n) is 4.37. The van der Waals surface area contributed by atoms with Gasteiger partial charge in [-0.3, -0.25) is 4.79 Å². The zero-order valence-corrected chi connectivity index (χ0v) is 17.1. The highest BCUT2D eigenvalue weighted by Crippen LogP contribution is 2.28. The van der Waals surface area contributed by atoms with E-state index < -0.39 is 0 Å². The number of carbonyl (C=O) groups excluding carboxylic acids is 1. The maximum absolute atomic E-state index is 12.9. The molecule has 4 aromatic rings. The Morgan fingerprint density at radius 3 is 2.97 bits per heavy atom. The van der Waals surface area contributed by atoms with Crippen LogP contribution in [-0.2, 0) is 11.3 Å². The van der Waals surface area contributed by atoms with Gasteiger partial charge in [-0.15, -0.1) is 0 Å². The summed E-state index contributed by atoms with van der Waals surface area (Å²) in [5.74, 6) is 0.980. The van der Waals surface area contributed by atoms with E-state index in [0.717, 1.165) is 47.4 Å². The summed E-state index contributed by atoms with van der Waals surface area (Å²) in [5, 5.41) is 3.13. The Balaban J connectivity index is 1.36. The molecule has 1 aliphatic heterocycles. The topological polar surface area (TPSA) is 62.5 Å². The van der Waals surface area contributed by atoms with Gasteiger partial charge in [-0.25, -0.2) is 9.97 Å². The smallest absolute Gasteiger partial charge is 0.225 e. The van der Waals surface area contributed by atoms with Crippen molar-refractivity contribution >= 4 is 28.4 Å². The van der Waals surface area contributed by atoms with Gasteiger partial charge in [0.15, 0.2) is 11.5 Å². The number of fused-ring (bicyclic) bond motifs is 3. The summed E-state index contributed by atoms with van der Waals surface area (Å²) in [6.45, 7) is 4.20. The Kier molecular flexibility index (Phi) is 4.83. The highest BCUT2D eigenvalue weighted by molar-refractivity contribution is 5.84. The van der Waals surface area contributed by atoms with Gasteiger partial charge in [0.25, 0.3) is 0 Å². The third-order valence-corrected chi connectivity index (χ3v) is 5.86. The number of carbonyl (C=O) groups is 1. The minimum absolute atomic E-state index is 0.0419. The molecular formula is C24H25N5O. The van der Waals surface area contributed by atoms with E-state index in [4.69, 9.17) is 4.98 Å². The van der Waals surface area contributed by atoms with Crippen LogP contribution in [0.5, 0.6) is 0 Å². The molecule has 0 bridgehead atoms. The molecule has 1 aromatic carbocycles. The Labute approximate surface area is 175 Å². The molecule has 3 aromatic heterocycles. The molecule has 0 radical (unpaired) electrons. The highest BCUT2D eigenvalue weighted by atomic mass is 16.1. The monoisotopic (exact) mass is 399 g/mol. The van der Waals surface area contributed by atoms with Gasteiger partial charge in [0.05, 0.1) is 17.0 Å². The van der Waals surface area contributed by atoms with Crippen LogP contribution in [0.2, 0.25) is 0 Å². The van der Waals surface area contributed by atoms with E-state index in [2.05, 4.69) is 50.8 Å². The van der Waals surface area contributed by atoms with E-state index in [1.54, 1.807) is 6.20 Å². The molecule has 6 nitrogen and oxygen atoms in total. The van der Waals surface area contributed by atoms with Gasteiger partial charge >= 0.3 is 0 Å². The molecule has 1 aliphatic rings. The lowest BCUT2D eigenvalue weighted by atomic mass is 9.97. The summed E-state index contributed by atoms with van der Waals surface area (Å²) in [6.07, 6.45) is 5.68. The number of hydrogen-bond acceptors (Lipinski definition) is 4. The molecule has 0 aliphatic carbocycles. The van der Waals surface area contributed by atoms with Crippen LogP contribution in [0.1, 0.15) is 24.0 Å². The number of nitrogens with zero attached hydrogens (tertiary/aromatic N) is 4. The molecule has 6 heteroatoms. The molecule has 0 spiro atoms. The second-order valence-electron chi connectivity index (χ2n) is 8.04. The van der Waals surface area contributed by atoms with Gasteiger partial charge in [0.2, 0.25) is 5.91 Å². The first-order valence-corrected chi connectivity index (χ1v) is 10.5. The van der Waals surface area contributed by atoms with E-state index in [1.165, 1.54) is 5.56 Å². The van der Waals surface area contributed by atoms with Crippen molar-refractivity contribution in [2.24, 2.45) is 5.92 Å². The predicted molar refractivity (Wildman–Crippen MR) is 118 cm³/mol. The average molecular weight is 399 g/mol. The SMILES string of the molecule is Cc1cccc(CNC(=O)[C@H]2CCCN(c3nc4ncccc4n4cccc34)C2)c1. The third kappa shape index (κ3) is 3.49. The molecule has 1 atom stereocenters. The van der Waals surface area contributed by atoms with Crippen molar-refractivity contribution in [3.63, 3.8) is 0 Å². The molecule has 1 N–H and O–H groups in total. The van der Waals surface area contributed by atoms with Crippen molar-refractivity contribution in [1.29, 1.82) is 0 Å². The molecule has 4 heterocycles. The Hall–Kier alpha value is -3.41. The average Bonchev–Trinajstić information content (AvgIpc) is 3.27. The van der Waals surface area contributed by atoms with Crippen molar-refractivity contribution in [2.45, 2.75) is 26.3 Å². The number of benzene rings is 1. The molecule has 5 rings (SSSR count). The third-order valence-electron chi connectivity index (χ3n) is 5.86. The number of piperidine rings is 1. The largest absolute Gasteiger partial charge is 0.354 e. The number of nitrogens with one attached hydrogen (secondary N) is 1. The van der Waals surface area contributed by atoms with Gasteiger partial charge in [-0.1, -0.05) is 29.8 Å². The highest BCUT2D eigenvalue weighted by Gasteiger charge is 2.28. The summed E-state index contributed by atoms with van der Waals surface area (Å²) in [5.41, 5.74) is 5.11. The Morgan fingerprint density at radius 2 is 2.07 bits per heavy atom. The lowest BCUT2D eigenvalue weighted by Gasteiger charge is -2.33. The van der Waals surface area contributed by atoms with Crippen LogP contribution in [0.15, 0.2) is 60.9 Å². The minimum atomic E-state index is -0.0419. The second-order valence-corrected chi connectivity index (χ2v) is 8.04. The van der Waals surface area contributed by atoms with Crippen LogP contribution in [-0.4, -0.2) is 33.4 Å². The van der Waals surface area contributed by atoms with Crippen LogP contribution in [0.4, 0.5) is 5.82 Å². The summed E-state index contributed by atoms with van der Waals surface area (Å²) in [6, 6.07) is 16.3. The summed E-state index contributed by atoms with van der Waals surface area (Å²) < 4.78 is 2.13. The molecule has 1 fully saturated rings. The van der Waals surface area contributed by atoms with Crippen molar-refractivity contribution in [1.82, 2.24) is 19.7 Å². The first-order chi connectivity index (χ1) is 14.7. The van der Waals surface area contributed by atoms with Crippen LogP contribution >= 0.6 is 0 Å². The van der Waals surface area contributed by atoms with Crippen molar-refractivity contribution in [3.8, 4) is 0 Å². The van der Waals surface area contributed by atoms with Gasteiger partial charge in [-0.2, -0.15) is 0 Å². The van der Waals surface area contributed by atoms with E-state index in [-0.39, 0.29) is 11.8 Å². The lowest BCUT2D eigenvalue weighted by molar-refractivity contribution is -0.125. The van der Waals surface area contributed by atoms with E-state index >= 15 is 0 Å². The normalized spacial score (nSPS) is 16.8. The fraction of sp³-hybridized carbons (Fsp3) is 0.292. The number of rotatable bonds is 4. The summed E-state index contributed by atoms with van der Waals surface area (Å²) in [7, 11) is 0. The lowest BCUT2D eigenvalue weighted by Crippen LogP contribution is -2.43. The minimum Gasteiger partial charge on any atom is -0.354 e. The zero-order chi connectivity index (χ0) is 20.5. The maximum Gasteiger partial charge on any atom is 0.225 e. The Morgan fingerprint density at radius 1 is 1.17 bits per heavy atom. The van der Waals surface area contributed by atoms with E-state index in [0.29, 0.717) is 13.1 Å². The van der Waals surface area contributed by atoms with E-state index in [1.807, 2.05) is 30.5 Å². The Bertz CT molecular complexity index is 1210. The molecule has 0 unspecified atom stereocenters. The molecule has 1 saturated heterocycles. The standard InChI is InChI=1S/C24H25N5O/c1-17-6-2-7-18(14-17)15-26-24(30)19-8-4-12-28(16-19)23-21-10-5-13-29(21)20-9-3-11-25-22(20)27-23/h2-3,5-7,9-11,13-14,19H,4,8,12,15-16H2,1H3,(H,26,30)/t19-/m0/s1. The van der Waals surface area contributed by atoms with Crippen LogP contribution in [0, 0.1) is 12.8 Å². The fourth-order valence-corrected chi connectivity index (χ4v) is 4.37. The maximum atomic E-state index is 12.9. The van der Waals surface area contributed by atoms with Crippen molar-refractivity contribution < 1.29 is 4.79 Å². The number of amides is 1. The van der Waals surface area contributed by atoms with Crippen LogP contribution in [0.3, 0.4) is 0 Å². The summed E-state index contributed by atoms with van der Waals surface area (Å²) >= 11 is 0. The molecular weight excluding hydrogens is 374 g/mol. The summed E-state index contributed by atoms with van der Waals surface area (Å²) in [4.78, 5) is 24.4. The zero-order valence-electron chi connectivity index (χ0n) is 17.1. The quantitative estimate of drug-likeness (QED) is 0.568. The van der Waals surface area contributed by atoms with Gasteiger partial charge in [0, 0.05) is 32.0 Å². The molecule has 152 valence electrons. The van der Waals surface area contributed by atoms with Crippen LogP contribution < -0.4 is 10.2 Å². The van der Waals surface area contributed by atoms with Crippen molar-refractivity contribution in [3.05, 3.63) is 72.1 Å². The first kappa shape index (κ1) is 18.6. The molecule has 0 saturated carbocycles. The van der Waals surface area contributed by atoms with Gasteiger partial charge < -0.3 is 14.6 Å². The van der Waals surface area contributed by atoms with Crippen molar-refractivity contribution in [2.75, 3.05) is 18.0 Å². The second kappa shape index (κ2) is 7.78. The number of hydrogen-bond donors (Lipinski definition) is 1. The molecule has 1 amide bonds. The number of anilines is 1. The number of aromatic nitrogens is 3. The first-order valence-electron chi connectivity index (χ1n) is 10.5. The van der Waals surface area contributed by atoms with Crippen LogP contribution in [0.25, 0.3) is 16.7 Å². The molecule has 30 heavy (non-hydrogen) atoms. The van der Waals surface area contributed by atoms with Gasteiger partial charge in [0.1, 0.15) is 0 Å². The van der Waals surface area contributed by atoms with Gasteiger partial charge in [-0.05, 0) is 49.6 Å².